The highest BCUT2D eigenvalue weighted by Crippen LogP contribution is 2.51. The normalized spacial score (nSPS) is 22.8. The van der Waals surface area contributed by atoms with Crippen LogP contribution in [0.15, 0.2) is 30.3 Å². The molecule has 1 aliphatic heterocycles. The van der Waals surface area contributed by atoms with Gasteiger partial charge in [-0.3, -0.25) is 9.35 Å². The van der Waals surface area contributed by atoms with Crippen molar-refractivity contribution in [1.29, 1.82) is 0 Å². The van der Waals surface area contributed by atoms with Crippen molar-refractivity contribution in [1.82, 2.24) is 19.5 Å². The molecule has 2 unspecified atom stereocenters. The van der Waals surface area contributed by atoms with Crippen molar-refractivity contribution < 1.29 is 4.21 Å². The summed E-state index contributed by atoms with van der Waals surface area (Å²) in [6.45, 7) is 3.15. The van der Waals surface area contributed by atoms with Crippen molar-refractivity contribution in [2.45, 2.75) is 56.2 Å². The number of aromatic nitrogens is 4. The van der Waals surface area contributed by atoms with Crippen LogP contribution in [0.2, 0.25) is 0 Å². The fourth-order valence-electron chi connectivity index (χ4n) is 4.66. The maximum atomic E-state index is 12.9. The molecule has 0 bridgehead atoms. The minimum Gasteiger partial charge on any atom is -0.369 e. The number of hydrogen-bond acceptors (Lipinski definition) is 6. The topological polar surface area (TPSA) is 116 Å². The zero-order valence-corrected chi connectivity index (χ0v) is 18.6. The van der Waals surface area contributed by atoms with Gasteiger partial charge in [0, 0.05) is 28.4 Å². The highest BCUT2D eigenvalue weighted by atomic mass is 32.2. The van der Waals surface area contributed by atoms with Gasteiger partial charge in [0.05, 0.1) is 21.5 Å². The first kappa shape index (κ1) is 20.3. The van der Waals surface area contributed by atoms with Gasteiger partial charge in [-0.05, 0) is 50.6 Å². The first-order valence-electron chi connectivity index (χ1n) is 10.8. The van der Waals surface area contributed by atoms with E-state index in [1.165, 1.54) is 12.8 Å². The molecule has 1 aromatic carbocycles. The van der Waals surface area contributed by atoms with E-state index in [9.17, 15) is 4.21 Å². The summed E-state index contributed by atoms with van der Waals surface area (Å²) >= 11 is 0. The van der Waals surface area contributed by atoms with Crippen molar-refractivity contribution in [3.8, 4) is 5.95 Å². The summed E-state index contributed by atoms with van der Waals surface area (Å²) in [6.07, 6.45) is 6.06. The highest BCUT2D eigenvalue weighted by Gasteiger charge is 2.52. The van der Waals surface area contributed by atoms with Crippen molar-refractivity contribution in [2.75, 3.05) is 17.2 Å². The number of imidazole rings is 1. The maximum absolute atomic E-state index is 12.9. The Labute approximate surface area is 182 Å². The summed E-state index contributed by atoms with van der Waals surface area (Å²) in [7, 11) is -2.82. The predicted octanol–water partition coefficient (Wildman–Crippen LogP) is 2.75. The minimum atomic E-state index is -2.82. The first-order chi connectivity index (χ1) is 14.8. The molecule has 1 saturated carbocycles. The van der Waals surface area contributed by atoms with Crippen LogP contribution in [0.25, 0.3) is 17.0 Å². The van der Waals surface area contributed by atoms with E-state index < -0.39 is 14.5 Å². The average Bonchev–Trinajstić information content (AvgIpc) is 3.50. The number of benzene rings is 1. The molecule has 2 aromatic heterocycles. The van der Waals surface area contributed by atoms with Crippen LogP contribution in [-0.2, 0) is 14.5 Å². The van der Waals surface area contributed by atoms with E-state index in [1.807, 2.05) is 30.3 Å². The van der Waals surface area contributed by atoms with Crippen molar-refractivity contribution in [2.24, 2.45) is 5.14 Å². The van der Waals surface area contributed by atoms with Gasteiger partial charge in [-0.1, -0.05) is 25.0 Å². The third-order valence-electron chi connectivity index (χ3n) is 6.67. The third kappa shape index (κ3) is 3.36. The number of fused-ring (bicyclic) bond motifs is 1. The van der Waals surface area contributed by atoms with E-state index in [1.54, 1.807) is 4.57 Å². The quantitative estimate of drug-likeness (QED) is 0.604. The van der Waals surface area contributed by atoms with Gasteiger partial charge >= 0.3 is 0 Å². The molecule has 1 saturated heterocycles. The van der Waals surface area contributed by atoms with E-state index in [0.29, 0.717) is 36.5 Å². The smallest absolute Gasteiger partial charge is 0.239 e. The van der Waals surface area contributed by atoms with Gasteiger partial charge in [-0.15, -0.1) is 0 Å². The number of nitrogens with two attached hydrogens (primary N) is 2. The number of anilines is 2. The summed E-state index contributed by atoms with van der Waals surface area (Å²) in [5, 5.41) is 6.08. The van der Waals surface area contributed by atoms with Gasteiger partial charge in [0.1, 0.15) is 5.82 Å². The second kappa shape index (κ2) is 7.20. The second-order valence-electron chi connectivity index (χ2n) is 8.82. The molecule has 1 aliphatic carbocycles. The SMILES string of the molecule is C=S(N)(=O)C1(c2cc(N3CCCCCC3C)nc(-n3c(N)nc4ccccc43)n2)CC1. The van der Waals surface area contributed by atoms with Crippen LogP contribution in [0.4, 0.5) is 11.8 Å². The van der Waals surface area contributed by atoms with Crippen LogP contribution in [-0.4, -0.2) is 42.2 Å². The summed E-state index contributed by atoms with van der Waals surface area (Å²) in [4.78, 5) is 16.6. The Hall–Kier alpha value is -2.65. The monoisotopic (exact) mass is 439 g/mol. The summed E-state index contributed by atoms with van der Waals surface area (Å²) in [5.74, 6) is 5.38. The molecule has 31 heavy (non-hydrogen) atoms. The van der Waals surface area contributed by atoms with Crippen LogP contribution in [0.1, 0.15) is 51.1 Å². The van der Waals surface area contributed by atoms with E-state index in [2.05, 4.69) is 22.7 Å². The Kier molecular flexibility index (Phi) is 4.71. The largest absolute Gasteiger partial charge is 0.369 e. The fourth-order valence-corrected chi connectivity index (χ4v) is 5.92. The Balaban J connectivity index is 1.73. The van der Waals surface area contributed by atoms with Crippen molar-refractivity contribution in [3.05, 3.63) is 36.0 Å². The Bertz CT molecular complexity index is 1250. The number of hydrogen-bond donors (Lipinski definition) is 2. The van der Waals surface area contributed by atoms with Crippen LogP contribution >= 0.6 is 0 Å². The third-order valence-corrected chi connectivity index (χ3v) is 8.61. The summed E-state index contributed by atoms with van der Waals surface area (Å²) in [6, 6.07) is 10.0. The number of nitrogen functional groups attached to an aromatic ring is 1. The van der Waals surface area contributed by atoms with Crippen molar-refractivity contribution >= 4 is 38.4 Å². The lowest BCUT2D eigenvalue weighted by Crippen LogP contribution is -2.35. The van der Waals surface area contributed by atoms with Crippen LogP contribution in [0, 0.1) is 0 Å². The number of nitrogens with zero attached hydrogens (tertiary/aromatic N) is 5. The van der Waals surface area contributed by atoms with Gasteiger partial charge in [-0.25, -0.2) is 14.5 Å². The fraction of sp³-hybridized carbons (Fsp3) is 0.455. The lowest BCUT2D eigenvalue weighted by Gasteiger charge is -2.29. The number of rotatable bonds is 4. The molecule has 4 N–H and O–H groups in total. The predicted molar refractivity (Wildman–Crippen MR) is 127 cm³/mol. The molecule has 2 atom stereocenters. The lowest BCUT2D eigenvalue weighted by molar-refractivity contribution is 0.609. The van der Waals surface area contributed by atoms with Crippen LogP contribution < -0.4 is 15.8 Å². The van der Waals surface area contributed by atoms with Gasteiger partial charge in [-0.2, -0.15) is 4.98 Å². The van der Waals surface area contributed by atoms with Crippen LogP contribution in [0.5, 0.6) is 0 Å². The average molecular weight is 440 g/mol. The zero-order valence-electron chi connectivity index (χ0n) is 17.8. The van der Waals surface area contributed by atoms with Gasteiger partial charge in [0.2, 0.25) is 11.9 Å². The Morgan fingerprint density at radius 3 is 2.68 bits per heavy atom. The summed E-state index contributed by atoms with van der Waals surface area (Å²) < 4.78 is 14.0. The van der Waals surface area contributed by atoms with Crippen LogP contribution in [0.3, 0.4) is 0 Å². The highest BCUT2D eigenvalue weighted by molar-refractivity contribution is 7.99. The molecule has 0 radical (unpaired) electrons. The maximum Gasteiger partial charge on any atom is 0.239 e. The molecular formula is C22H29N7OS. The molecule has 164 valence electrons. The standard InChI is InChI=1S/C22H29N7OS/c1-15-8-4-3-7-13-28(15)19-14-18(22(11-12-22)31(2,24)30)26-21(27-19)29-17-10-6-5-9-16(17)25-20(29)23/h5-6,9-10,14-15H,2-4,7-8,11-13H2,1H3,(H2,23,25)(H2,24,30). The number of para-hydroxylation sites is 2. The van der Waals surface area contributed by atoms with Gasteiger partial charge < -0.3 is 10.6 Å². The molecule has 0 spiro atoms. The molecule has 0 amide bonds. The lowest BCUT2D eigenvalue weighted by atomic mass is 10.1. The van der Waals surface area contributed by atoms with E-state index >= 15 is 0 Å². The van der Waals surface area contributed by atoms with Gasteiger partial charge in [0.15, 0.2) is 0 Å². The van der Waals surface area contributed by atoms with E-state index in [4.69, 9.17) is 20.8 Å². The molecule has 2 aliphatic rings. The zero-order chi connectivity index (χ0) is 21.8. The molecule has 9 heteroatoms. The van der Waals surface area contributed by atoms with Gasteiger partial charge in [0.25, 0.3) is 0 Å². The molecule has 5 rings (SSSR count). The molecule has 3 aromatic rings. The summed E-state index contributed by atoms with van der Waals surface area (Å²) in [5.41, 5.74) is 8.59. The second-order valence-corrected chi connectivity index (χ2v) is 11.1. The molecule has 2 fully saturated rings. The van der Waals surface area contributed by atoms with E-state index in [0.717, 1.165) is 36.2 Å². The molecule has 3 heterocycles. The van der Waals surface area contributed by atoms with Crippen molar-refractivity contribution in [3.63, 3.8) is 0 Å². The van der Waals surface area contributed by atoms with E-state index in [-0.39, 0.29) is 0 Å². The first-order valence-corrected chi connectivity index (χ1v) is 12.6. The Morgan fingerprint density at radius 1 is 1.16 bits per heavy atom. The molecular weight excluding hydrogens is 410 g/mol. The Morgan fingerprint density at radius 2 is 1.94 bits per heavy atom. The minimum absolute atomic E-state index is 0.321. The molecule has 8 nitrogen and oxygen atoms in total.